The first-order chi connectivity index (χ1) is 7.60. The number of rotatable bonds is 2. The van der Waals surface area contributed by atoms with Gasteiger partial charge in [0.1, 0.15) is 5.82 Å². The van der Waals surface area contributed by atoms with Gasteiger partial charge in [0.05, 0.1) is 5.69 Å². The van der Waals surface area contributed by atoms with E-state index < -0.39 is 0 Å². The third kappa shape index (κ3) is 1.80. The van der Waals surface area contributed by atoms with Crippen molar-refractivity contribution < 1.29 is 0 Å². The van der Waals surface area contributed by atoms with Crippen LogP contribution in [0.3, 0.4) is 0 Å². The lowest BCUT2D eigenvalue weighted by Gasteiger charge is -2.06. The molecule has 0 radical (unpaired) electrons. The zero-order valence-corrected chi connectivity index (χ0v) is 9.10. The smallest absolute Gasteiger partial charge is 0.224 e. The standard InChI is InChI=1S/C9H13N7/c1-5-3-6(2)16(15-5)8-4-7(14-11)12-9(10)13-8/h3-4H,11H2,1-2H3,(H3,10,12,13,14). The average Bonchev–Trinajstić information content (AvgIpc) is 2.57. The summed E-state index contributed by atoms with van der Waals surface area (Å²) in [5.41, 5.74) is 9.89. The van der Waals surface area contributed by atoms with Crippen LogP contribution in [0.25, 0.3) is 5.82 Å². The molecule has 0 fully saturated rings. The predicted molar refractivity (Wildman–Crippen MR) is 60.9 cm³/mol. The average molecular weight is 219 g/mol. The van der Waals surface area contributed by atoms with E-state index in [1.807, 2.05) is 19.9 Å². The molecule has 0 saturated carbocycles. The molecule has 0 atom stereocenters. The van der Waals surface area contributed by atoms with Crippen LogP contribution >= 0.6 is 0 Å². The fraction of sp³-hybridized carbons (Fsp3) is 0.222. The van der Waals surface area contributed by atoms with Gasteiger partial charge in [0, 0.05) is 11.8 Å². The molecule has 0 unspecified atom stereocenters. The van der Waals surface area contributed by atoms with Crippen LogP contribution in [0.15, 0.2) is 12.1 Å². The van der Waals surface area contributed by atoms with Crippen molar-refractivity contribution in [2.24, 2.45) is 5.84 Å². The number of nitrogen functional groups attached to an aromatic ring is 2. The number of hydrogen-bond acceptors (Lipinski definition) is 6. The van der Waals surface area contributed by atoms with E-state index >= 15 is 0 Å². The molecule has 2 rings (SSSR count). The zero-order chi connectivity index (χ0) is 11.7. The highest BCUT2D eigenvalue weighted by Crippen LogP contribution is 2.13. The summed E-state index contributed by atoms with van der Waals surface area (Å²) in [7, 11) is 0. The van der Waals surface area contributed by atoms with Gasteiger partial charge in [-0.2, -0.15) is 15.1 Å². The van der Waals surface area contributed by atoms with Crippen molar-refractivity contribution in [2.45, 2.75) is 13.8 Å². The van der Waals surface area contributed by atoms with Crippen LogP contribution in [-0.4, -0.2) is 19.7 Å². The molecular formula is C9H13N7. The van der Waals surface area contributed by atoms with Crippen molar-refractivity contribution in [2.75, 3.05) is 11.2 Å². The Labute approximate surface area is 92.5 Å². The third-order valence-electron chi connectivity index (χ3n) is 2.10. The Bertz CT molecular complexity index is 517. The lowest BCUT2D eigenvalue weighted by Crippen LogP contribution is -2.12. The highest BCUT2D eigenvalue weighted by atomic mass is 15.3. The number of nitrogens with zero attached hydrogens (tertiary/aromatic N) is 4. The first-order valence-corrected chi connectivity index (χ1v) is 4.75. The van der Waals surface area contributed by atoms with E-state index in [4.69, 9.17) is 11.6 Å². The normalized spacial score (nSPS) is 10.4. The molecule has 0 aromatic carbocycles. The minimum atomic E-state index is 0.151. The molecular weight excluding hydrogens is 206 g/mol. The summed E-state index contributed by atoms with van der Waals surface area (Å²) < 4.78 is 1.69. The number of nitrogens with two attached hydrogens (primary N) is 2. The second kappa shape index (κ2) is 3.78. The molecule has 0 bridgehead atoms. The van der Waals surface area contributed by atoms with Gasteiger partial charge in [-0.1, -0.05) is 0 Å². The Balaban J connectivity index is 2.55. The maximum absolute atomic E-state index is 5.57. The zero-order valence-electron chi connectivity index (χ0n) is 9.10. The molecule has 0 spiro atoms. The van der Waals surface area contributed by atoms with E-state index in [0.717, 1.165) is 11.4 Å². The summed E-state index contributed by atoms with van der Waals surface area (Å²) in [5.74, 6) is 6.48. The second-order valence-electron chi connectivity index (χ2n) is 3.45. The van der Waals surface area contributed by atoms with Gasteiger partial charge in [-0.15, -0.1) is 0 Å². The fourth-order valence-electron chi connectivity index (χ4n) is 1.50. The highest BCUT2D eigenvalue weighted by Gasteiger charge is 2.07. The van der Waals surface area contributed by atoms with Gasteiger partial charge in [0.25, 0.3) is 0 Å². The number of nitrogens with one attached hydrogen (secondary N) is 1. The number of aryl methyl sites for hydroxylation is 2. The summed E-state index contributed by atoms with van der Waals surface area (Å²) in [6.07, 6.45) is 0. The summed E-state index contributed by atoms with van der Waals surface area (Å²) in [6, 6.07) is 3.63. The Kier molecular flexibility index (Phi) is 2.45. The summed E-state index contributed by atoms with van der Waals surface area (Å²) in [4.78, 5) is 8.00. The maximum Gasteiger partial charge on any atom is 0.224 e. The van der Waals surface area contributed by atoms with Crippen molar-refractivity contribution in [3.8, 4) is 5.82 Å². The summed E-state index contributed by atoms with van der Waals surface area (Å²) in [6.45, 7) is 3.85. The first-order valence-electron chi connectivity index (χ1n) is 4.75. The van der Waals surface area contributed by atoms with E-state index in [0.29, 0.717) is 11.6 Å². The van der Waals surface area contributed by atoms with Gasteiger partial charge < -0.3 is 11.2 Å². The minimum Gasteiger partial charge on any atom is -0.368 e. The van der Waals surface area contributed by atoms with Crippen LogP contribution < -0.4 is 17.0 Å². The van der Waals surface area contributed by atoms with Gasteiger partial charge >= 0.3 is 0 Å². The van der Waals surface area contributed by atoms with Crippen molar-refractivity contribution in [3.05, 3.63) is 23.5 Å². The van der Waals surface area contributed by atoms with Crippen LogP contribution in [-0.2, 0) is 0 Å². The van der Waals surface area contributed by atoms with Gasteiger partial charge in [-0.05, 0) is 19.9 Å². The molecule has 0 aliphatic carbocycles. The van der Waals surface area contributed by atoms with Gasteiger partial charge in [-0.25, -0.2) is 10.5 Å². The molecule has 84 valence electrons. The third-order valence-corrected chi connectivity index (χ3v) is 2.10. The SMILES string of the molecule is Cc1cc(C)n(-c2cc(NN)nc(N)n2)n1. The summed E-state index contributed by atoms with van der Waals surface area (Å²) in [5, 5.41) is 4.30. The van der Waals surface area contributed by atoms with E-state index in [9.17, 15) is 0 Å². The second-order valence-corrected chi connectivity index (χ2v) is 3.45. The molecule has 0 aliphatic rings. The number of aromatic nitrogens is 4. The molecule has 2 heterocycles. The Morgan fingerprint density at radius 1 is 1.25 bits per heavy atom. The lowest BCUT2D eigenvalue weighted by atomic mass is 10.4. The first kappa shape index (κ1) is 10.4. The Morgan fingerprint density at radius 2 is 2.00 bits per heavy atom. The lowest BCUT2D eigenvalue weighted by molar-refractivity contribution is 0.803. The topological polar surface area (TPSA) is 108 Å². The van der Waals surface area contributed by atoms with Crippen LogP contribution in [0.5, 0.6) is 0 Å². The van der Waals surface area contributed by atoms with E-state index in [-0.39, 0.29) is 5.95 Å². The van der Waals surface area contributed by atoms with Crippen molar-refractivity contribution in [1.29, 1.82) is 0 Å². The van der Waals surface area contributed by atoms with Crippen LogP contribution in [0.2, 0.25) is 0 Å². The van der Waals surface area contributed by atoms with E-state index in [2.05, 4.69) is 20.5 Å². The van der Waals surface area contributed by atoms with Crippen LogP contribution in [0.4, 0.5) is 11.8 Å². The molecule has 7 heteroatoms. The van der Waals surface area contributed by atoms with Crippen molar-refractivity contribution >= 4 is 11.8 Å². The molecule has 2 aromatic rings. The molecule has 0 amide bonds. The number of hydrazine groups is 1. The largest absolute Gasteiger partial charge is 0.368 e. The molecule has 0 saturated heterocycles. The van der Waals surface area contributed by atoms with E-state index in [1.165, 1.54) is 0 Å². The van der Waals surface area contributed by atoms with Crippen molar-refractivity contribution in [1.82, 2.24) is 19.7 Å². The number of anilines is 2. The predicted octanol–water partition coefficient (Wildman–Crippen LogP) is 0.147. The van der Waals surface area contributed by atoms with Crippen LogP contribution in [0.1, 0.15) is 11.4 Å². The van der Waals surface area contributed by atoms with Gasteiger partial charge in [-0.3, -0.25) is 0 Å². The Hall–Kier alpha value is -2.15. The quantitative estimate of drug-likeness (QED) is 0.490. The number of hydrogen-bond donors (Lipinski definition) is 3. The van der Waals surface area contributed by atoms with Crippen molar-refractivity contribution in [3.63, 3.8) is 0 Å². The monoisotopic (exact) mass is 219 g/mol. The highest BCUT2D eigenvalue weighted by molar-refractivity contribution is 5.45. The Morgan fingerprint density at radius 3 is 2.56 bits per heavy atom. The fourth-order valence-corrected chi connectivity index (χ4v) is 1.50. The molecule has 5 N–H and O–H groups in total. The van der Waals surface area contributed by atoms with E-state index in [1.54, 1.807) is 10.7 Å². The van der Waals surface area contributed by atoms with Crippen LogP contribution in [0, 0.1) is 13.8 Å². The molecule has 2 aromatic heterocycles. The summed E-state index contributed by atoms with van der Waals surface area (Å²) >= 11 is 0. The minimum absolute atomic E-state index is 0.151. The van der Waals surface area contributed by atoms with Gasteiger partial charge in [0.15, 0.2) is 5.82 Å². The maximum atomic E-state index is 5.57. The molecule has 0 aliphatic heterocycles. The molecule has 7 nitrogen and oxygen atoms in total. The van der Waals surface area contributed by atoms with Gasteiger partial charge in [0.2, 0.25) is 5.95 Å². The molecule has 16 heavy (non-hydrogen) atoms.